The van der Waals surface area contributed by atoms with Crippen LogP contribution in [-0.2, 0) is 11.3 Å². The van der Waals surface area contributed by atoms with E-state index in [-0.39, 0.29) is 0 Å². The average molecular weight is 485 g/mol. The molecule has 0 amide bonds. The van der Waals surface area contributed by atoms with Gasteiger partial charge in [0.1, 0.15) is 12.1 Å². The molecule has 0 radical (unpaired) electrons. The number of imidazole rings is 1. The number of hydrogen-bond donors (Lipinski definition) is 2. The van der Waals surface area contributed by atoms with Crippen molar-refractivity contribution in [2.24, 2.45) is 0 Å². The molecule has 0 aliphatic rings. The van der Waals surface area contributed by atoms with Crippen molar-refractivity contribution < 1.29 is 9.84 Å². The first-order chi connectivity index (χ1) is 17.4. The van der Waals surface area contributed by atoms with E-state index >= 15 is 0 Å². The van der Waals surface area contributed by atoms with E-state index in [0.717, 1.165) is 39.2 Å². The van der Waals surface area contributed by atoms with Crippen LogP contribution in [0.1, 0.15) is 30.0 Å². The summed E-state index contributed by atoms with van der Waals surface area (Å²) >= 11 is 0. The Morgan fingerprint density at radius 3 is 2.69 bits per heavy atom. The topological polar surface area (TPSA) is 116 Å². The van der Waals surface area contributed by atoms with E-state index in [1.54, 1.807) is 20.4 Å². The van der Waals surface area contributed by atoms with Gasteiger partial charge in [-0.05, 0) is 57.2 Å². The third-order valence-corrected chi connectivity index (χ3v) is 5.95. The Labute approximate surface area is 208 Å². The van der Waals surface area contributed by atoms with Gasteiger partial charge in [-0.2, -0.15) is 10.2 Å². The SMILES string of the molecule is COCCn1cc(-c2nc(-n3cnc4cc(Nc5ccc(C)nn5)ccc43)ccc2C(C)O)c(C)n1. The Morgan fingerprint density at radius 1 is 1.08 bits per heavy atom. The third-order valence-electron chi connectivity index (χ3n) is 5.95. The van der Waals surface area contributed by atoms with Crippen LogP contribution in [-0.4, -0.2) is 53.3 Å². The van der Waals surface area contributed by atoms with Crippen LogP contribution >= 0.6 is 0 Å². The number of fused-ring (bicyclic) bond motifs is 1. The molecule has 1 aromatic carbocycles. The molecule has 5 rings (SSSR count). The highest BCUT2D eigenvalue weighted by atomic mass is 16.5. The van der Waals surface area contributed by atoms with Crippen LogP contribution in [0.15, 0.2) is 55.0 Å². The molecule has 0 aliphatic carbocycles. The quantitative estimate of drug-likeness (QED) is 0.338. The highest BCUT2D eigenvalue weighted by Gasteiger charge is 2.18. The molecule has 10 heteroatoms. The van der Waals surface area contributed by atoms with Crippen LogP contribution in [0, 0.1) is 13.8 Å². The maximum Gasteiger partial charge on any atom is 0.153 e. The van der Waals surface area contributed by atoms with Gasteiger partial charge in [0, 0.05) is 30.1 Å². The van der Waals surface area contributed by atoms with E-state index in [0.29, 0.717) is 30.5 Å². The molecule has 0 aliphatic heterocycles. The van der Waals surface area contributed by atoms with Crippen molar-refractivity contribution in [3.05, 3.63) is 71.9 Å². The van der Waals surface area contributed by atoms with Crippen molar-refractivity contribution >= 4 is 22.5 Å². The number of pyridine rings is 1. The highest BCUT2D eigenvalue weighted by Crippen LogP contribution is 2.31. The largest absolute Gasteiger partial charge is 0.389 e. The number of aliphatic hydroxyl groups excluding tert-OH is 1. The summed E-state index contributed by atoms with van der Waals surface area (Å²) in [5.74, 6) is 1.37. The van der Waals surface area contributed by atoms with E-state index in [4.69, 9.17) is 9.72 Å². The molecule has 4 aromatic heterocycles. The molecule has 0 spiro atoms. The van der Waals surface area contributed by atoms with Crippen LogP contribution in [0.2, 0.25) is 0 Å². The predicted octanol–water partition coefficient (Wildman–Crippen LogP) is 4.13. The second kappa shape index (κ2) is 9.84. The first kappa shape index (κ1) is 23.6. The Kier molecular flexibility index (Phi) is 6.45. The molecule has 1 unspecified atom stereocenters. The minimum absolute atomic E-state index is 0.561. The first-order valence-electron chi connectivity index (χ1n) is 11.7. The number of benzene rings is 1. The van der Waals surface area contributed by atoms with Crippen LogP contribution in [0.25, 0.3) is 28.1 Å². The molecule has 5 aromatic rings. The zero-order chi connectivity index (χ0) is 25.2. The molecule has 0 bridgehead atoms. The van der Waals surface area contributed by atoms with Crippen molar-refractivity contribution in [2.75, 3.05) is 19.0 Å². The van der Waals surface area contributed by atoms with E-state index < -0.39 is 6.10 Å². The molecular weight excluding hydrogens is 456 g/mol. The lowest BCUT2D eigenvalue weighted by atomic mass is 10.0. The number of anilines is 2. The van der Waals surface area contributed by atoms with Crippen LogP contribution in [0.4, 0.5) is 11.5 Å². The Bertz CT molecular complexity index is 1500. The van der Waals surface area contributed by atoms with Gasteiger partial charge in [-0.1, -0.05) is 6.07 Å². The molecule has 4 heterocycles. The summed E-state index contributed by atoms with van der Waals surface area (Å²) in [6, 6.07) is 13.5. The second-order valence-electron chi connectivity index (χ2n) is 8.67. The standard InChI is InChI=1S/C26H28N8O2/c1-16-5-9-24(31-30-16)28-19-6-8-23-22(13-19)27-15-34(23)25-10-7-20(18(3)35)26(29-25)21-14-33(11-12-36-4)32-17(21)2/h5-10,13-15,18,35H,11-12H2,1-4H3,(H,28,31). The highest BCUT2D eigenvalue weighted by molar-refractivity contribution is 5.82. The minimum Gasteiger partial charge on any atom is -0.389 e. The minimum atomic E-state index is -0.679. The fourth-order valence-corrected chi connectivity index (χ4v) is 4.08. The molecule has 2 N–H and O–H groups in total. The lowest BCUT2D eigenvalue weighted by molar-refractivity contribution is 0.183. The van der Waals surface area contributed by atoms with Gasteiger partial charge in [-0.15, -0.1) is 5.10 Å². The normalized spacial score (nSPS) is 12.2. The number of aromatic nitrogens is 7. The van der Waals surface area contributed by atoms with Crippen LogP contribution < -0.4 is 5.32 Å². The number of ether oxygens (including phenoxy) is 1. The van der Waals surface area contributed by atoms with Gasteiger partial charge in [0.25, 0.3) is 0 Å². The zero-order valence-electron chi connectivity index (χ0n) is 20.7. The van der Waals surface area contributed by atoms with Crippen molar-refractivity contribution in [1.82, 2.24) is 34.5 Å². The van der Waals surface area contributed by atoms with Gasteiger partial charge in [-0.3, -0.25) is 9.25 Å². The lowest BCUT2D eigenvalue weighted by Gasteiger charge is -2.13. The van der Waals surface area contributed by atoms with Gasteiger partial charge in [0.05, 0.1) is 47.4 Å². The Hall–Kier alpha value is -4.15. The summed E-state index contributed by atoms with van der Waals surface area (Å²) < 4.78 is 8.96. The lowest BCUT2D eigenvalue weighted by Crippen LogP contribution is -2.04. The molecule has 184 valence electrons. The monoisotopic (exact) mass is 484 g/mol. The zero-order valence-corrected chi connectivity index (χ0v) is 20.7. The van der Waals surface area contributed by atoms with E-state index in [2.05, 4.69) is 25.6 Å². The number of aryl methyl sites for hydroxylation is 2. The first-order valence-corrected chi connectivity index (χ1v) is 11.7. The smallest absolute Gasteiger partial charge is 0.153 e. The van der Waals surface area contributed by atoms with E-state index in [9.17, 15) is 5.11 Å². The molecule has 10 nitrogen and oxygen atoms in total. The summed E-state index contributed by atoms with van der Waals surface area (Å²) in [6.45, 7) is 6.78. The Morgan fingerprint density at radius 2 is 1.94 bits per heavy atom. The summed E-state index contributed by atoms with van der Waals surface area (Å²) in [5.41, 5.74) is 6.59. The number of nitrogens with zero attached hydrogens (tertiary/aromatic N) is 7. The fraction of sp³-hybridized carbons (Fsp3) is 0.269. The molecule has 36 heavy (non-hydrogen) atoms. The van der Waals surface area contributed by atoms with Gasteiger partial charge in [0.2, 0.25) is 0 Å². The molecular formula is C26H28N8O2. The van der Waals surface area contributed by atoms with Gasteiger partial charge >= 0.3 is 0 Å². The second-order valence-corrected chi connectivity index (χ2v) is 8.67. The summed E-state index contributed by atoms with van der Waals surface area (Å²) in [7, 11) is 1.67. The van der Waals surface area contributed by atoms with Crippen LogP contribution in [0.3, 0.4) is 0 Å². The van der Waals surface area contributed by atoms with Crippen molar-refractivity contribution in [3.8, 4) is 17.1 Å². The number of aliphatic hydroxyl groups is 1. The number of methoxy groups -OCH3 is 1. The average Bonchev–Trinajstić information content (AvgIpc) is 3.46. The number of hydrogen-bond acceptors (Lipinski definition) is 8. The molecule has 0 fully saturated rings. The van der Waals surface area contributed by atoms with Gasteiger partial charge in [-0.25, -0.2) is 9.97 Å². The van der Waals surface area contributed by atoms with Gasteiger partial charge in [0.15, 0.2) is 5.82 Å². The summed E-state index contributed by atoms with van der Waals surface area (Å²) in [4.78, 5) is 9.55. The van der Waals surface area contributed by atoms with Crippen molar-refractivity contribution in [3.63, 3.8) is 0 Å². The van der Waals surface area contributed by atoms with E-state index in [1.165, 1.54) is 0 Å². The third kappa shape index (κ3) is 4.68. The number of nitrogens with one attached hydrogen (secondary N) is 1. The molecule has 0 saturated heterocycles. The summed E-state index contributed by atoms with van der Waals surface area (Å²) in [6.07, 6.45) is 3.02. The fourth-order valence-electron chi connectivity index (χ4n) is 4.08. The molecule has 1 atom stereocenters. The van der Waals surface area contributed by atoms with Gasteiger partial charge < -0.3 is 15.2 Å². The van der Waals surface area contributed by atoms with Crippen molar-refractivity contribution in [1.29, 1.82) is 0 Å². The summed E-state index contributed by atoms with van der Waals surface area (Å²) in [5, 5.41) is 26.5. The number of rotatable bonds is 8. The predicted molar refractivity (Wildman–Crippen MR) is 137 cm³/mol. The van der Waals surface area contributed by atoms with E-state index in [1.807, 2.05) is 71.8 Å². The van der Waals surface area contributed by atoms with Crippen LogP contribution in [0.5, 0.6) is 0 Å². The van der Waals surface area contributed by atoms with Crippen molar-refractivity contribution in [2.45, 2.75) is 33.4 Å². The maximum absolute atomic E-state index is 10.4. The molecule has 0 saturated carbocycles. The Balaban J connectivity index is 1.51. The maximum atomic E-state index is 10.4.